The zero-order valence-electron chi connectivity index (χ0n) is 10.3. The van der Waals surface area contributed by atoms with Crippen LogP contribution < -0.4 is 5.32 Å². The topological polar surface area (TPSA) is 93.6 Å². The van der Waals surface area contributed by atoms with E-state index in [9.17, 15) is 4.79 Å². The molecule has 2 N–H and O–H groups in total. The maximum Gasteiger partial charge on any atom is 0.329 e. The number of carboxylic acid groups (broad SMARTS) is 1. The first-order valence-electron chi connectivity index (χ1n) is 5.59. The number of anilines is 1. The molecule has 1 aromatic rings. The molecule has 0 saturated carbocycles. The van der Waals surface area contributed by atoms with Crippen molar-refractivity contribution in [1.29, 1.82) is 0 Å². The van der Waals surface area contributed by atoms with E-state index in [-0.39, 0.29) is 13.2 Å². The molecule has 0 aliphatic heterocycles. The number of carboxylic acids is 1. The van der Waals surface area contributed by atoms with Crippen molar-refractivity contribution in [2.75, 3.05) is 38.3 Å². The van der Waals surface area contributed by atoms with Crippen molar-refractivity contribution in [3.8, 4) is 0 Å². The molecule has 100 valence electrons. The van der Waals surface area contributed by atoms with Crippen LogP contribution >= 0.6 is 0 Å². The lowest BCUT2D eigenvalue weighted by Gasteiger charge is -2.06. The van der Waals surface area contributed by atoms with Gasteiger partial charge in [-0.2, -0.15) is 0 Å². The smallest absolute Gasteiger partial charge is 0.329 e. The SMILES string of the molecule is Cc1ccnc(NCCOCCOCC(=O)O)n1. The Morgan fingerprint density at radius 3 is 2.89 bits per heavy atom. The highest BCUT2D eigenvalue weighted by atomic mass is 16.5. The third-order valence-corrected chi connectivity index (χ3v) is 1.92. The van der Waals surface area contributed by atoms with Gasteiger partial charge in [-0.15, -0.1) is 0 Å². The third kappa shape index (κ3) is 6.77. The average Bonchev–Trinajstić information content (AvgIpc) is 2.32. The van der Waals surface area contributed by atoms with Crippen LogP contribution in [0.1, 0.15) is 5.69 Å². The highest BCUT2D eigenvalue weighted by Gasteiger charge is 1.97. The van der Waals surface area contributed by atoms with Crippen molar-refractivity contribution in [2.45, 2.75) is 6.92 Å². The molecule has 0 aliphatic carbocycles. The van der Waals surface area contributed by atoms with E-state index in [1.54, 1.807) is 6.20 Å². The van der Waals surface area contributed by atoms with Crippen molar-refractivity contribution in [1.82, 2.24) is 9.97 Å². The number of aromatic nitrogens is 2. The second-order valence-corrected chi connectivity index (χ2v) is 3.51. The summed E-state index contributed by atoms with van der Waals surface area (Å²) in [5.74, 6) is -0.408. The summed E-state index contributed by atoms with van der Waals surface area (Å²) in [7, 11) is 0. The zero-order chi connectivity index (χ0) is 13.2. The van der Waals surface area contributed by atoms with E-state index in [0.29, 0.717) is 25.7 Å². The molecular weight excluding hydrogens is 238 g/mol. The zero-order valence-corrected chi connectivity index (χ0v) is 10.3. The molecule has 0 aliphatic rings. The Kier molecular flexibility index (Phi) is 6.67. The molecule has 7 nitrogen and oxygen atoms in total. The molecule has 0 aromatic carbocycles. The maximum absolute atomic E-state index is 10.1. The monoisotopic (exact) mass is 255 g/mol. The molecule has 1 aromatic heterocycles. The van der Waals surface area contributed by atoms with Crippen LogP contribution in [-0.2, 0) is 14.3 Å². The van der Waals surface area contributed by atoms with Gasteiger partial charge in [-0.1, -0.05) is 0 Å². The van der Waals surface area contributed by atoms with Crippen LogP contribution in [-0.4, -0.2) is 54.0 Å². The van der Waals surface area contributed by atoms with Crippen molar-refractivity contribution < 1.29 is 19.4 Å². The molecule has 0 amide bonds. The number of nitrogens with zero attached hydrogens (tertiary/aromatic N) is 2. The van der Waals surface area contributed by atoms with Gasteiger partial charge in [0.05, 0.1) is 19.8 Å². The molecule has 0 atom stereocenters. The summed E-state index contributed by atoms with van der Waals surface area (Å²) in [5.41, 5.74) is 0.899. The summed E-state index contributed by atoms with van der Waals surface area (Å²) >= 11 is 0. The van der Waals surface area contributed by atoms with Crippen LogP contribution in [0.2, 0.25) is 0 Å². The van der Waals surface area contributed by atoms with Gasteiger partial charge in [0.1, 0.15) is 6.61 Å². The average molecular weight is 255 g/mol. The normalized spacial score (nSPS) is 10.3. The fourth-order valence-corrected chi connectivity index (χ4v) is 1.15. The number of hydrogen-bond acceptors (Lipinski definition) is 6. The van der Waals surface area contributed by atoms with Gasteiger partial charge in [0.25, 0.3) is 0 Å². The first-order chi connectivity index (χ1) is 8.68. The summed E-state index contributed by atoms with van der Waals surface area (Å²) in [6.45, 7) is 3.30. The van der Waals surface area contributed by atoms with E-state index in [1.165, 1.54) is 0 Å². The second-order valence-electron chi connectivity index (χ2n) is 3.51. The highest BCUT2D eigenvalue weighted by Crippen LogP contribution is 1.97. The first-order valence-corrected chi connectivity index (χ1v) is 5.59. The van der Waals surface area contributed by atoms with Gasteiger partial charge in [0, 0.05) is 18.4 Å². The van der Waals surface area contributed by atoms with Gasteiger partial charge in [0.2, 0.25) is 5.95 Å². The predicted molar refractivity (Wildman–Crippen MR) is 64.5 cm³/mol. The van der Waals surface area contributed by atoms with Gasteiger partial charge in [0.15, 0.2) is 0 Å². The number of aryl methyl sites for hydroxylation is 1. The van der Waals surface area contributed by atoms with Crippen LogP contribution in [0.4, 0.5) is 5.95 Å². The number of hydrogen-bond donors (Lipinski definition) is 2. The van der Waals surface area contributed by atoms with Gasteiger partial charge < -0.3 is 19.9 Å². The number of rotatable bonds is 9. The van der Waals surface area contributed by atoms with Crippen molar-refractivity contribution in [3.63, 3.8) is 0 Å². The van der Waals surface area contributed by atoms with Crippen molar-refractivity contribution >= 4 is 11.9 Å². The standard InChI is InChI=1S/C11H17N3O4/c1-9-2-3-12-11(14-9)13-4-5-17-6-7-18-8-10(15)16/h2-3H,4-8H2,1H3,(H,15,16)(H,12,13,14). The fourth-order valence-electron chi connectivity index (χ4n) is 1.15. The van der Waals surface area contributed by atoms with Crippen LogP contribution in [0.3, 0.4) is 0 Å². The van der Waals surface area contributed by atoms with E-state index < -0.39 is 5.97 Å². The Labute approximate surface area is 105 Å². The van der Waals surface area contributed by atoms with Gasteiger partial charge in [-0.3, -0.25) is 0 Å². The minimum atomic E-state index is -0.978. The number of ether oxygens (including phenoxy) is 2. The third-order valence-electron chi connectivity index (χ3n) is 1.92. The molecule has 1 rings (SSSR count). The molecule has 0 fully saturated rings. The Morgan fingerprint density at radius 1 is 1.39 bits per heavy atom. The highest BCUT2D eigenvalue weighted by molar-refractivity contribution is 5.67. The van der Waals surface area contributed by atoms with E-state index in [0.717, 1.165) is 5.69 Å². The largest absolute Gasteiger partial charge is 0.480 e. The molecule has 0 spiro atoms. The molecule has 0 unspecified atom stereocenters. The van der Waals surface area contributed by atoms with Crippen LogP contribution in [0.5, 0.6) is 0 Å². The quantitative estimate of drug-likeness (QED) is 0.613. The molecule has 0 radical (unpaired) electrons. The van der Waals surface area contributed by atoms with E-state index in [2.05, 4.69) is 15.3 Å². The lowest BCUT2D eigenvalue weighted by atomic mass is 10.5. The first kappa shape index (κ1) is 14.3. The minimum absolute atomic E-state index is 0.271. The summed E-state index contributed by atoms with van der Waals surface area (Å²) in [4.78, 5) is 18.3. The van der Waals surface area contributed by atoms with E-state index in [4.69, 9.17) is 14.6 Å². The van der Waals surface area contributed by atoms with Crippen molar-refractivity contribution in [3.05, 3.63) is 18.0 Å². The molecule has 0 bridgehead atoms. The van der Waals surface area contributed by atoms with Gasteiger partial charge in [-0.05, 0) is 13.0 Å². The Bertz CT molecular complexity index is 373. The summed E-state index contributed by atoms with van der Waals surface area (Å²) in [6, 6.07) is 1.82. The van der Waals surface area contributed by atoms with Gasteiger partial charge >= 0.3 is 5.97 Å². The summed E-state index contributed by atoms with van der Waals surface area (Å²) in [6.07, 6.45) is 1.69. The van der Waals surface area contributed by atoms with Crippen LogP contribution in [0.25, 0.3) is 0 Å². The molecule has 1 heterocycles. The molecule has 0 saturated heterocycles. The van der Waals surface area contributed by atoms with E-state index in [1.807, 2.05) is 13.0 Å². The lowest BCUT2D eigenvalue weighted by molar-refractivity contribution is -0.142. The molecular formula is C11H17N3O4. The Morgan fingerprint density at radius 2 is 2.17 bits per heavy atom. The minimum Gasteiger partial charge on any atom is -0.480 e. The fraction of sp³-hybridized carbons (Fsp3) is 0.545. The van der Waals surface area contributed by atoms with Crippen LogP contribution in [0.15, 0.2) is 12.3 Å². The summed E-state index contributed by atoms with van der Waals surface area (Å²) < 4.78 is 10.0. The Hall–Kier alpha value is -1.73. The number of carbonyl (C=O) groups is 1. The predicted octanol–water partition coefficient (Wildman–Crippen LogP) is 0.315. The number of nitrogens with one attached hydrogen (secondary N) is 1. The second kappa shape index (κ2) is 8.37. The van der Waals surface area contributed by atoms with Gasteiger partial charge in [-0.25, -0.2) is 14.8 Å². The summed E-state index contributed by atoms with van der Waals surface area (Å²) in [5, 5.41) is 11.3. The van der Waals surface area contributed by atoms with Crippen LogP contribution in [0, 0.1) is 6.92 Å². The Balaban J connectivity index is 1.97. The lowest BCUT2D eigenvalue weighted by Crippen LogP contribution is -2.15. The maximum atomic E-state index is 10.1. The number of aliphatic carboxylic acids is 1. The molecule has 7 heteroatoms. The van der Waals surface area contributed by atoms with Crippen molar-refractivity contribution in [2.24, 2.45) is 0 Å². The van der Waals surface area contributed by atoms with E-state index >= 15 is 0 Å². The molecule has 18 heavy (non-hydrogen) atoms.